The Morgan fingerprint density at radius 2 is 2.06 bits per heavy atom. The fourth-order valence-corrected chi connectivity index (χ4v) is 2.59. The lowest BCUT2D eigenvalue weighted by Crippen LogP contribution is -2.33. The molecule has 0 saturated carbocycles. The number of amides is 1. The van der Waals surface area contributed by atoms with Gasteiger partial charge in [0.15, 0.2) is 0 Å². The molecule has 1 heterocycles. The molecule has 1 aromatic rings. The molecule has 1 amide bonds. The number of likely N-dealkylation sites (N-methyl/N-ethyl adjacent to an activating group) is 2. The predicted molar refractivity (Wildman–Crippen MR) is 75.1 cm³/mol. The van der Waals surface area contributed by atoms with Crippen LogP contribution >= 0.6 is 0 Å². The van der Waals surface area contributed by atoms with Crippen molar-refractivity contribution in [3.8, 4) is 0 Å². The highest BCUT2D eigenvalue weighted by molar-refractivity contribution is 6.07. The molecule has 0 radical (unpaired) electrons. The third-order valence-corrected chi connectivity index (χ3v) is 3.78. The molecular weight excluding hydrogens is 224 g/mol. The van der Waals surface area contributed by atoms with Gasteiger partial charge in [0.25, 0.3) is 0 Å². The number of carbonyl (C=O) groups excluding carboxylic acids is 1. The fourth-order valence-electron chi connectivity index (χ4n) is 2.59. The van der Waals surface area contributed by atoms with Gasteiger partial charge in [-0.3, -0.25) is 4.79 Å². The summed E-state index contributed by atoms with van der Waals surface area (Å²) >= 11 is 0. The van der Waals surface area contributed by atoms with Crippen LogP contribution in [0.3, 0.4) is 0 Å². The lowest BCUT2D eigenvalue weighted by atomic mass is 9.85. The molecule has 1 aromatic carbocycles. The van der Waals surface area contributed by atoms with Crippen LogP contribution in [0.1, 0.15) is 31.9 Å². The molecule has 3 heteroatoms. The van der Waals surface area contributed by atoms with E-state index in [0.29, 0.717) is 0 Å². The molecular formula is C15H22N2O. The van der Waals surface area contributed by atoms with E-state index in [-0.39, 0.29) is 5.91 Å². The molecule has 1 aliphatic rings. The molecule has 0 aliphatic carbocycles. The van der Waals surface area contributed by atoms with E-state index in [9.17, 15) is 4.79 Å². The molecule has 0 spiro atoms. The maximum absolute atomic E-state index is 12.2. The average molecular weight is 246 g/mol. The Hall–Kier alpha value is -1.35. The van der Waals surface area contributed by atoms with Crippen molar-refractivity contribution in [3.63, 3.8) is 0 Å². The van der Waals surface area contributed by atoms with E-state index < -0.39 is 5.41 Å². The molecule has 0 atom stereocenters. The monoisotopic (exact) mass is 246 g/mol. The van der Waals surface area contributed by atoms with Crippen molar-refractivity contribution < 1.29 is 4.79 Å². The molecule has 0 bridgehead atoms. The summed E-state index contributed by atoms with van der Waals surface area (Å²) in [6, 6.07) is 6.39. The van der Waals surface area contributed by atoms with Crippen molar-refractivity contribution in [2.75, 3.05) is 25.0 Å². The SMILES string of the molecule is CCNCCc1ccc2c(c1)C(C)(C)C(=O)N2C. The van der Waals surface area contributed by atoms with Gasteiger partial charge in [-0.1, -0.05) is 19.1 Å². The van der Waals surface area contributed by atoms with Gasteiger partial charge in [-0.05, 0) is 50.6 Å². The smallest absolute Gasteiger partial charge is 0.236 e. The van der Waals surface area contributed by atoms with Crippen molar-refractivity contribution in [3.05, 3.63) is 29.3 Å². The maximum atomic E-state index is 12.2. The summed E-state index contributed by atoms with van der Waals surface area (Å²) in [7, 11) is 1.86. The number of hydrogen-bond acceptors (Lipinski definition) is 2. The van der Waals surface area contributed by atoms with Crippen molar-refractivity contribution in [1.29, 1.82) is 0 Å². The van der Waals surface area contributed by atoms with Crippen LogP contribution in [-0.2, 0) is 16.6 Å². The second-order valence-corrected chi connectivity index (χ2v) is 5.44. The fraction of sp³-hybridized carbons (Fsp3) is 0.533. The van der Waals surface area contributed by atoms with E-state index >= 15 is 0 Å². The van der Waals surface area contributed by atoms with Crippen molar-refractivity contribution in [2.24, 2.45) is 0 Å². The van der Waals surface area contributed by atoms with Crippen LogP contribution < -0.4 is 10.2 Å². The molecule has 1 N–H and O–H groups in total. The van der Waals surface area contributed by atoms with Crippen LogP contribution in [0, 0.1) is 0 Å². The van der Waals surface area contributed by atoms with Gasteiger partial charge in [0, 0.05) is 12.7 Å². The summed E-state index contributed by atoms with van der Waals surface area (Å²) in [6.07, 6.45) is 1.01. The number of nitrogens with zero attached hydrogens (tertiary/aromatic N) is 1. The molecule has 98 valence electrons. The molecule has 3 nitrogen and oxygen atoms in total. The van der Waals surface area contributed by atoms with Gasteiger partial charge < -0.3 is 10.2 Å². The van der Waals surface area contributed by atoms with Crippen LogP contribution in [-0.4, -0.2) is 26.0 Å². The van der Waals surface area contributed by atoms with E-state index in [1.165, 1.54) is 5.56 Å². The van der Waals surface area contributed by atoms with Crippen LogP contribution in [0.2, 0.25) is 0 Å². The summed E-state index contributed by atoms with van der Waals surface area (Å²) in [5.41, 5.74) is 3.12. The largest absolute Gasteiger partial charge is 0.317 e. The average Bonchev–Trinajstić information content (AvgIpc) is 2.52. The molecule has 1 aliphatic heterocycles. The van der Waals surface area contributed by atoms with E-state index in [4.69, 9.17) is 0 Å². The first-order chi connectivity index (χ1) is 8.48. The molecule has 18 heavy (non-hydrogen) atoms. The molecule has 0 unspecified atom stereocenters. The van der Waals surface area contributed by atoms with E-state index in [2.05, 4.69) is 30.4 Å². The van der Waals surface area contributed by atoms with Gasteiger partial charge in [-0.2, -0.15) is 0 Å². The number of anilines is 1. The summed E-state index contributed by atoms with van der Waals surface area (Å²) in [6.45, 7) is 8.11. The number of carbonyl (C=O) groups is 1. The topological polar surface area (TPSA) is 32.3 Å². The predicted octanol–water partition coefficient (Wildman–Crippen LogP) is 2.09. The summed E-state index contributed by atoms with van der Waals surface area (Å²) in [4.78, 5) is 13.9. The third kappa shape index (κ3) is 2.03. The Labute approximate surface area is 109 Å². The second kappa shape index (κ2) is 4.73. The van der Waals surface area contributed by atoms with Crippen molar-refractivity contribution in [2.45, 2.75) is 32.6 Å². The number of fused-ring (bicyclic) bond motifs is 1. The number of rotatable bonds is 4. The van der Waals surface area contributed by atoms with E-state index in [0.717, 1.165) is 30.8 Å². The molecule has 0 aromatic heterocycles. The minimum Gasteiger partial charge on any atom is -0.317 e. The minimum atomic E-state index is -0.391. The van der Waals surface area contributed by atoms with E-state index in [1.807, 2.05) is 20.9 Å². The van der Waals surface area contributed by atoms with Gasteiger partial charge in [0.05, 0.1) is 5.41 Å². The molecule has 2 rings (SSSR count). The van der Waals surface area contributed by atoms with Gasteiger partial charge in [0.2, 0.25) is 5.91 Å². The van der Waals surface area contributed by atoms with Gasteiger partial charge in [0.1, 0.15) is 0 Å². The van der Waals surface area contributed by atoms with Crippen LogP contribution in [0.4, 0.5) is 5.69 Å². The standard InChI is InChI=1S/C15H22N2O/c1-5-16-9-8-11-6-7-13-12(10-11)15(2,3)14(18)17(13)4/h6-7,10,16H,5,8-9H2,1-4H3. The number of benzene rings is 1. The quantitative estimate of drug-likeness (QED) is 0.825. The zero-order valence-corrected chi connectivity index (χ0v) is 11.7. The third-order valence-electron chi connectivity index (χ3n) is 3.78. The highest BCUT2D eigenvalue weighted by Gasteiger charge is 2.41. The van der Waals surface area contributed by atoms with Crippen LogP contribution in [0.5, 0.6) is 0 Å². The Balaban J connectivity index is 2.27. The van der Waals surface area contributed by atoms with Gasteiger partial charge in [-0.15, -0.1) is 0 Å². The first kappa shape index (κ1) is 13.1. The van der Waals surface area contributed by atoms with Gasteiger partial charge >= 0.3 is 0 Å². The highest BCUT2D eigenvalue weighted by atomic mass is 16.2. The summed E-state index contributed by atoms with van der Waals surface area (Å²) < 4.78 is 0. The lowest BCUT2D eigenvalue weighted by molar-refractivity contribution is -0.121. The Morgan fingerprint density at radius 3 is 2.72 bits per heavy atom. The lowest BCUT2D eigenvalue weighted by Gasteiger charge is -2.16. The molecule has 0 fully saturated rings. The van der Waals surface area contributed by atoms with Crippen molar-refractivity contribution >= 4 is 11.6 Å². The zero-order valence-electron chi connectivity index (χ0n) is 11.7. The van der Waals surface area contributed by atoms with Crippen molar-refractivity contribution in [1.82, 2.24) is 5.32 Å². The number of nitrogens with one attached hydrogen (secondary N) is 1. The normalized spacial score (nSPS) is 17.1. The van der Waals surface area contributed by atoms with E-state index in [1.54, 1.807) is 4.90 Å². The number of hydrogen-bond donors (Lipinski definition) is 1. The Bertz CT molecular complexity index is 466. The minimum absolute atomic E-state index is 0.182. The summed E-state index contributed by atoms with van der Waals surface area (Å²) in [5.74, 6) is 0.182. The molecule has 0 saturated heterocycles. The second-order valence-electron chi connectivity index (χ2n) is 5.44. The zero-order chi connectivity index (χ0) is 13.3. The first-order valence-electron chi connectivity index (χ1n) is 6.60. The van der Waals surface area contributed by atoms with Crippen LogP contribution in [0.25, 0.3) is 0 Å². The highest BCUT2D eigenvalue weighted by Crippen LogP contribution is 2.40. The Morgan fingerprint density at radius 1 is 1.33 bits per heavy atom. The maximum Gasteiger partial charge on any atom is 0.236 e. The van der Waals surface area contributed by atoms with Gasteiger partial charge in [-0.25, -0.2) is 0 Å². The summed E-state index contributed by atoms with van der Waals surface area (Å²) in [5, 5.41) is 3.33. The first-order valence-corrected chi connectivity index (χ1v) is 6.60. The Kier molecular flexibility index (Phi) is 3.44. The van der Waals surface area contributed by atoms with Crippen LogP contribution in [0.15, 0.2) is 18.2 Å².